The van der Waals surface area contributed by atoms with Crippen molar-refractivity contribution in [2.45, 2.75) is 33.2 Å². The third-order valence-corrected chi connectivity index (χ3v) is 5.73. The van der Waals surface area contributed by atoms with Gasteiger partial charge in [0.25, 0.3) is 5.91 Å². The van der Waals surface area contributed by atoms with Gasteiger partial charge in [-0.3, -0.25) is 9.78 Å². The summed E-state index contributed by atoms with van der Waals surface area (Å²) < 4.78 is 0.976. The summed E-state index contributed by atoms with van der Waals surface area (Å²) in [5.41, 5.74) is 6.79. The highest BCUT2D eigenvalue weighted by molar-refractivity contribution is 7.21. The second-order valence-electron chi connectivity index (χ2n) is 6.23. The molecule has 3 rings (SSSR count). The standard InChI is InChI=1S/C16H21N3OS/c1-9-6-10(2)11(3)19(8-9)16(20)15-14(17)12-4-5-18-7-13(12)21-15/h4-5,7,9-11H,6,8,17H2,1-3H3. The number of piperidine rings is 1. The van der Waals surface area contributed by atoms with Crippen LogP contribution in [0.25, 0.3) is 10.1 Å². The largest absolute Gasteiger partial charge is 0.397 e. The minimum Gasteiger partial charge on any atom is -0.397 e. The van der Waals surface area contributed by atoms with Crippen molar-refractivity contribution < 1.29 is 4.79 Å². The number of anilines is 1. The van der Waals surface area contributed by atoms with Crippen molar-refractivity contribution in [3.63, 3.8) is 0 Å². The van der Waals surface area contributed by atoms with Crippen molar-refractivity contribution in [3.05, 3.63) is 23.3 Å². The number of likely N-dealkylation sites (tertiary alicyclic amines) is 1. The Hall–Kier alpha value is -1.62. The van der Waals surface area contributed by atoms with Gasteiger partial charge in [-0.25, -0.2) is 0 Å². The van der Waals surface area contributed by atoms with E-state index in [-0.39, 0.29) is 11.9 Å². The summed E-state index contributed by atoms with van der Waals surface area (Å²) in [5, 5.41) is 0.934. The summed E-state index contributed by atoms with van der Waals surface area (Å²) in [6.45, 7) is 7.38. The summed E-state index contributed by atoms with van der Waals surface area (Å²) in [6, 6.07) is 2.14. The first-order valence-corrected chi connectivity index (χ1v) is 8.23. The van der Waals surface area contributed by atoms with Crippen molar-refractivity contribution >= 4 is 33.0 Å². The van der Waals surface area contributed by atoms with Gasteiger partial charge in [0.05, 0.1) is 10.4 Å². The van der Waals surface area contributed by atoms with Crippen LogP contribution < -0.4 is 5.73 Å². The predicted molar refractivity (Wildman–Crippen MR) is 87.5 cm³/mol. The number of aromatic nitrogens is 1. The molecular formula is C16H21N3OS. The fourth-order valence-electron chi connectivity index (χ4n) is 3.24. The first-order chi connectivity index (χ1) is 9.99. The highest BCUT2D eigenvalue weighted by Gasteiger charge is 2.33. The topological polar surface area (TPSA) is 59.2 Å². The summed E-state index contributed by atoms with van der Waals surface area (Å²) in [4.78, 5) is 19.7. The lowest BCUT2D eigenvalue weighted by Gasteiger charge is -2.41. The zero-order chi connectivity index (χ0) is 15.1. The van der Waals surface area contributed by atoms with E-state index in [1.165, 1.54) is 17.8 Å². The molecule has 5 heteroatoms. The van der Waals surface area contributed by atoms with Crippen molar-refractivity contribution in [2.75, 3.05) is 12.3 Å². The number of nitrogens with two attached hydrogens (primary N) is 1. The van der Waals surface area contributed by atoms with E-state index in [4.69, 9.17) is 5.73 Å². The number of carbonyl (C=O) groups is 1. The molecule has 0 aliphatic carbocycles. The molecule has 3 heterocycles. The first-order valence-electron chi connectivity index (χ1n) is 7.42. The Bertz CT molecular complexity index is 681. The van der Waals surface area contributed by atoms with Crippen molar-refractivity contribution in [1.29, 1.82) is 0 Å². The van der Waals surface area contributed by atoms with Gasteiger partial charge in [-0.2, -0.15) is 0 Å². The van der Waals surface area contributed by atoms with E-state index in [9.17, 15) is 4.79 Å². The molecule has 1 amide bonds. The van der Waals surface area contributed by atoms with Crippen molar-refractivity contribution in [1.82, 2.24) is 9.88 Å². The Kier molecular flexibility index (Phi) is 3.61. The number of thiophene rings is 1. The number of amides is 1. The molecule has 112 valence electrons. The molecule has 4 nitrogen and oxygen atoms in total. The molecule has 0 saturated carbocycles. The molecule has 1 aliphatic rings. The lowest BCUT2D eigenvalue weighted by molar-refractivity contribution is 0.0461. The lowest BCUT2D eigenvalue weighted by Crippen LogP contribution is -2.48. The molecule has 0 aromatic carbocycles. The van der Waals surface area contributed by atoms with Gasteiger partial charge in [0.1, 0.15) is 4.88 Å². The second kappa shape index (κ2) is 5.30. The van der Waals surface area contributed by atoms with Crippen LogP contribution in [0.1, 0.15) is 36.9 Å². The minimum atomic E-state index is 0.0691. The number of carbonyl (C=O) groups excluding carboxylic acids is 1. The Labute approximate surface area is 129 Å². The average molecular weight is 303 g/mol. The van der Waals surface area contributed by atoms with Crippen molar-refractivity contribution in [3.8, 4) is 0 Å². The van der Waals surface area contributed by atoms with Gasteiger partial charge in [-0.05, 0) is 31.2 Å². The summed E-state index contributed by atoms with van der Waals surface area (Å²) in [6.07, 6.45) is 4.67. The maximum absolute atomic E-state index is 12.9. The average Bonchev–Trinajstić information content (AvgIpc) is 2.80. The molecule has 2 N–H and O–H groups in total. The van der Waals surface area contributed by atoms with Gasteiger partial charge in [0, 0.05) is 30.4 Å². The predicted octanol–water partition coefficient (Wildman–Crippen LogP) is 3.39. The molecule has 3 atom stereocenters. The van der Waals surface area contributed by atoms with Crippen LogP contribution in [0.2, 0.25) is 0 Å². The van der Waals surface area contributed by atoms with Gasteiger partial charge in [0.2, 0.25) is 0 Å². The monoisotopic (exact) mass is 303 g/mol. The van der Waals surface area contributed by atoms with Gasteiger partial charge in [0.15, 0.2) is 0 Å². The summed E-state index contributed by atoms with van der Waals surface area (Å²) in [5.74, 6) is 1.13. The van der Waals surface area contributed by atoms with E-state index < -0.39 is 0 Å². The van der Waals surface area contributed by atoms with E-state index in [0.29, 0.717) is 22.4 Å². The number of hydrogen-bond acceptors (Lipinski definition) is 4. The van der Waals surface area contributed by atoms with Gasteiger partial charge in [-0.15, -0.1) is 11.3 Å². The lowest BCUT2D eigenvalue weighted by atomic mass is 9.86. The van der Waals surface area contributed by atoms with E-state index in [2.05, 4.69) is 25.8 Å². The van der Waals surface area contributed by atoms with Gasteiger partial charge in [-0.1, -0.05) is 13.8 Å². The quantitative estimate of drug-likeness (QED) is 0.878. The zero-order valence-electron chi connectivity index (χ0n) is 12.7. The Morgan fingerprint density at radius 2 is 2.19 bits per heavy atom. The fourth-order valence-corrected chi connectivity index (χ4v) is 4.29. The van der Waals surface area contributed by atoms with E-state index >= 15 is 0 Å². The molecule has 2 aromatic heterocycles. The van der Waals surface area contributed by atoms with Crippen LogP contribution in [0.3, 0.4) is 0 Å². The smallest absolute Gasteiger partial charge is 0.266 e. The molecule has 2 aromatic rings. The number of fused-ring (bicyclic) bond motifs is 1. The Morgan fingerprint density at radius 3 is 2.90 bits per heavy atom. The molecule has 0 bridgehead atoms. The van der Waals surface area contributed by atoms with Gasteiger partial charge >= 0.3 is 0 Å². The molecule has 3 unspecified atom stereocenters. The zero-order valence-corrected chi connectivity index (χ0v) is 13.5. The number of nitrogen functional groups attached to an aromatic ring is 1. The van der Waals surface area contributed by atoms with Crippen LogP contribution in [-0.2, 0) is 0 Å². The summed E-state index contributed by atoms with van der Waals surface area (Å²) in [7, 11) is 0. The third kappa shape index (κ3) is 2.39. The SMILES string of the molecule is CC1CC(C)C(C)N(C(=O)c2sc3cnccc3c2N)C1. The summed E-state index contributed by atoms with van der Waals surface area (Å²) >= 11 is 1.45. The molecule has 1 fully saturated rings. The molecular weight excluding hydrogens is 282 g/mol. The number of nitrogens with zero attached hydrogens (tertiary/aromatic N) is 2. The molecule has 1 aliphatic heterocycles. The Morgan fingerprint density at radius 1 is 1.43 bits per heavy atom. The van der Waals surface area contributed by atoms with Crippen molar-refractivity contribution in [2.24, 2.45) is 11.8 Å². The third-order valence-electron chi connectivity index (χ3n) is 4.58. The molecule has 0 radical (unpaired) electrons. The van der Waals surface area contributed by atoms with Crippen LogP contribution in [0.4, 0.5) is 5.69 Å². The second-order valence-corrected chi connectivity index (χ2v) is 7.29. The van der Waals surface area contributed by atoms with Gasteiger partial charge < -0.3 is 10.6 Å². The van der Waals surface area contributed by atoms with E-state index in [0.717, 1.165) is 16.6 Å². The maximum atomic E-state index is 12.9. The van der Waals surface area contributed by atoms with Crippen LogP contribution in [-0.4, -0.2) is 28.4 Å². The first kappa shape index (κ1) is 14.3. The highest BCUT2D eigenvalue weighted by atomic mass is 32.1. The van der Waals surface area contributed by atoms with Crippen LogP contribution >= 0.6 is 11.3 Å². The normalized spacial score (nSPS) is 26.2. The number of rotatable bonds is 1. The molecule has 1 saturated heterocycles. The highest BCUT2D eigenvalue weighted by Crippen LogP contribution is 2.36. The van der Waals surface area contributed by atoms with Crippen LogP contribution in [0, 0.1) is 11.8 Å². The fraction of sp³-hybridized carbons (Fsp3) is 0.500. The minimum absolute atomic E-state index is 0.0691. The van der Waals surface area contributed by atoms with E-state index in [1.807, 2.05) is 11.0 Å². The maximum Gasteiger partial charge on any atom is 0.266 e. The van der Waals surface area contributed by atoms with Crippen LogP contribution in [0.15, 0.2) is 18.5 Å². The van der Waals surface area contributed by atoms with E-state index in [1.54, 1.807) is 12.4 Å². The molecule has 21 heavy (non-hydrogen) atoms. The van der Waals surface area contributed by atoms with Crippen LogP contribution in [0.5, 0.6) is 0 Å². The Balaban J connectivity index is 1.98. The molecule has 0 spiro atoms. The number of pyridine rings is 1. The number of hydrogen-bond donors (Lipinski definition) is 1.